The van der Waals surface area contributed by atoms with Gasteiger partial charge in [0.15, 0.2) is 0 Å². The standard InChI is InChI=1S/C31H30F2N4O/c1-31-18-21(19-34)28(36-25-13-11-24(32)12-14-25)17-23(31)10-9-22(31)16-27(20-6-3-2-4-7-20)37-30(38)26-8-5-15-35-29(26)33/h2-8,11-15,17,19,21-22,27,34H,9-10,16,18H2,1H3,(H,37,38). The summed E-state index contributed by atoms with van der Waals surface area (Å²) in [5, 5.41) is 11.2. The fourth-order valence-corrected chi connectivity index (χ4v) is 5.92. The summed E-state index contributed by atoms with van der Waals surface area (Å²) >= 11 is 0. The summed E-state index contributed by atoms with van der Waals surface area (Å²) in [6.07, 6.45) is 8.14. The first-order valence-electron chi connectivity index (χ1n) is 12.9. The average Bonchev–Trinajstić information content (AvgIpc) is 3.24. The smallest absolute Gasteiger partial charge is 0.256 e. The zero-order valence-corrected chi connectivity index (χ0v) is 21.2. The largest absolute Gasteiger partial charge is 0.345 e. The van der Waals surface area contributed by atoms with Crippen LogP contribution in [-0.2, 0) is 0 Å². The fourth-order valence-electron chi connectivity index (χ4n) is 5.92. The van der Waals surface area contributed by atoms with Crippen molar-refractivity contribution in [2.24, 2.45) is 22.2 Å². The highest BCUT2D eigenvalue weighted by Gasteiger charge is 2.47. The molecule has 0 saturated heterocycles. The Balaban J connectivity index is 1.42. The van der Waals surface area contributed by atoms with E-state index in [-0.39, 0.29) is 34.7 Å². The van der Waals surface area contributed by atoms with Crippen molar-refractivity contribution >= 4 is 23.5 Å². The predicted octanol–water partition coefficient (Wildman–Crippen LogP) is 7.01. The molecule has 1 amide bonds. The van der Waals surface area contributed by atoms with Gasteiger partial charge in [-0.3, -0.25) is 9.79 Å². The quantitative estimate of drug-likeness (QED) is 0.264. The van der Waals surface area contributed by atoms with Crippen LogP contribution in [0, 0.1) is 34.4 Å². The number of nitrogens with one attached hydrogen (secondary N) is 2. The Bertz CT molecular complexity index is 1390. The maximum Gasteiger partial charge on any atom is 0.256 e. The van der Waals surface area contributed by atoms with Gasteiger partial charge in [0.05, 0.1) is 17.3 Å². The predicted molar refractivity (Wildman–Crippen MR) is 145 cm³/mol. The van der Waals surface area contributed by atoms with E-state index in [1.807, 2.05) is 30.3 Å². The van der Waals surface area contributed by atoms with Gasteiger partial charge < -0.3 is 10.7 Å². The number of halogens is 2. The fraction of sp³-hybridized carbons (Fsp3) is 0.290. The van der Waals surface area contributed by atoms with Gasteiger partial charge in [0, 0.05) is 24.0 Å². The maximum absolute atomic E-state index is 14.2. The number of allylic oxidation sites excluding steroid dienone is 2. The van der Waals surface area contributed by atoms with Gasteiger partial charge in [0.2, 0.25) is 5.95 Å². The molecule has 194 valence electrons. The van der Waals surface area contributed by atoms with E-state index in [0.29, 0.717) is 12.1 Å². The molecule has 1 fully saturated rings. The van der Waals surface area contributed by atoms with Crippen LogP contribution in [0.15, 0.2) is 89.6 Å². The zero-order valence-electron chi connectivity index (χ0n) is 21.2. The van der Waals surface area contributed by atoms with Crippen LogP contribution in [0.2, 0.25) is 0 Å². The highest BCUT2D eigenvalue weighted by Crippen LogP contribution is 2.56. The second-order valence-corrected chi connectivity index (χ2v) is 10.3. The summed E-state index contributed by atoms with van der Waals surface area (Å²) in [6.45, 7) is 2.24. The lowest BCUT2D eigenvalue weighted by atomic mass is 9.65. The summed E-state index contributed by atoms with van der Waals surface area (Å²) in [5.41, 5.74) is 3.50. The molecule has 0 radical (unpaired) electrons. The van der Waals surface area contributed by atoms with Crippen molar-refractivity contribution < 1.29 is 13.6 Å². The SMILES string of the molecule is CC12CC(C=N)C(=Nc3ccc(F)cc3)C=C1CCC2CC(NC(=O)c1cccnc1F)c1ccccc1. The Hall–Kier alpha value is -4.00. The van der Waals surface area contributed by atoms with E-state index in [2.05, 4.69) is 23.3 Å². The number of carbonyl (C=O) groups excluding carboxylic acids is 1. The molecule has 1 saturated carbocycles. The normalized spacial score (nSPS) is 24.4. The number of hydrogen-bond acceptors (Lipinski definition) is 4. The third-order valence-corrected chi connectivity index (χ3v) is 8.06. The molecule has 2 aliphatic rings. The second-order valence-electron chi connectivity index (χ2n) is 10.3. The lowest BCUT2D eigenvalue weighted by molar-refractivity contribution is 0.0917. The van der Waals surface area contributed by atoms with Crippen molar-refractivity contribution in [3.8, 4) is 0 Å². The molecule has 7 heteroatoms. The van der Waals surface area contributed by atoms with Crippen molar-refractivity contribution in [1.82, 2.24) is 10.3 Å². The lowest BCUT2D eigenvalue weighted by Crippen LogP contribution is -2.37. The Morgan fingerprint density at radius 3 is 2.63 bits per heavy atom. The summed E-state index contributed by atoms with van der Waals surface area (Å²) in [5.74, 6) is -1.50. The summed E-state index contributed by atoms with van der Waals surface area (Å²) in [7, 11) is 0. The number of fused-ring (bicyclic) bond motifs is 1. The van der Waals surface area contributed by atoms with Gasteiger partial charge in [-0.25, -0.2) is 9.37 Å². The third kappa shape index (κ3) is 5.19. The molecule has 0 spiro atoms. The van der Waals surface area contributed by atoms with Crippen LogP contribution in [0.1, 0.15) is 54.6 Å². The molecule has 0 aliphatic heterocycles. The first-order valence-corrected chi connectivity index (χ1v) is 12.9. The van der Waals surface area contributed by atoms with Crippen LogP contribution in [0.4, 0.5) is 14.5 Å². The molecule has 1 heterocycles. The van der Waals surface area contributed by atoms with Crippen LogP contribution in [0.25, 0.3) is 0 Å². The van der Waals surface area contributed by atoms with E-state index < -0.39 is 11.9 Å². The minimum atomic E-state index is -0.788. The van der Waals surface area contributed by atoms with Gasteiger partial charge in [0.25, 0.3) is 5.91 Å². The van der Waals surface area contributed by atoms with E-state index in [4.69, 9.17) is 10.4 Å². The Labute approximate surface area is 221 Å². The van der Waals surface area contributed by atoms with Gasteiger partial charge in [-0.15, -0.1) is 0 Å². The van der Waals surface area contributed by atoms with Crippen LogP contribution >= 0.6 is 0 Å². The van der Waals surface area contributed by atoms with Crippen molar-refractivity contribution in [1.29, 1.82) is 5.41 Å². The number of nitrogens with zero attached hydrogens (tertiary/aromatic N) is 2. The topological polar surface area (TPSA) is 78.2 Å². The molecule has 3 aromatic rings. The van der Waals surface area contributed by atoms with E-state index in [0.717, 1.165) is 30.5 Å². The Morgan fingerprint density at radius 2 is 1.92 bits per heavy atom. The number of hydrogen-bond donors (Lipinski definition) is 2. The molecular weight excluding hydrogens is 482 g/mol. The van der Waals surface area contributed by atoms with E-state index in [1.54, 1.807) is 18.2 Å². The van der Waals surface area contributed by atoms with E-state index in [9.17, 15) is 13.6 Å². The molecule has 4 unspecified atom stereocenters. The van der Waals surface area contributed by atoms with Crippen molar-refractivity contribution in [3.63, 3.8) is 0 Å². The molecule has 5 rings (SSSR count). The van der Waals surface area contributed by atoms with Crippen molar-refractivity contribution in [2.75, 3.05) is 0 Å². The molecule has 4 atom stereocenters. The molecule has 5 nitrogen and oxygen atoms in total. The van der Waals surface area contributed by atoms with Crippen LogP contribution in [0.5, 0.6) is 0 Å². The van der Waals surface area contributed by atoms with Gasteiger partial charge in [-0.1, -0.05) is 42.8 Å². The third-order valence-electron chi connectivity index (χ3n) is 8.06. The minimum absolute atomic E-state index is 0.0742. The van der Waals surface area contributed by atoms with Gasteiger partial charge in [-0.05, 0) is 85.1 Å². The van der Waals surface area contributed by atoms with Gasteiger partial charge in [0.1, 0.15) is 5.82 Å². The van der Waals surface area contributed by atoms with Crippen molar-refractivity contribution in [3.05, 3.63) is 107 Å². The number of carbonyl (C=O) groups is 1. The molecule has 0 bridgehead atoms. The van der Waals surface area contributed by atoms with E-state index in [1.165, 1.54) is 36.2 Å². The summed E-state index contributed by atoms with van der Waals surface area (Å²) < 4.78 is 27.6. The van der Waals surface area contributed by atoms with Crippen LogP contribution in [-0.4, -0.2) is 22.8 Å². The van der Waals surface area contributed by atoms with Gasteiger partial charge >= 0.3 is 0 Å². The number of aliphatic imine (C=N–C) groups is 1. The number of benzene rings is 2. The van der Waals surface area contributed by atoms with Gasteiger partial charge in [-0.2, -0.15) is 4.39 Å². The highest BCUT2D eigenvalue weighted by atomic mass is 19.1. The van der Waals surface area contributed by atoms with Crippen molar-refractivity contribution in [2.45, 2.75) is 38.6 Å². The molecule has 2 aromatic carbocycles. The zero-order chi connectivity index (χ0) is 26.7. The number of amides is 1. The molecule has 1 aromatic heterocycles. The Morgan fingerprint density at radius 1 is 1.16 bits per heavy atom. The number of aromatic nitrogens is 1. The van der Waals surface area contributed by atoms with Crippen LogP contribution < -0.4 is 5.32 Å². The second kappa shape index (κ2) is 10.8. The first kappa shape index (κ1) is 25.6. The average molecular weight is 513 g/mol. The van der Waals surface area contributed by atoms with E-state index >= 15 is 0 Å². The minimum Gasteiger partial charge on any atom is -0.345 e. The summed E-state index contributed by atoms with van der Waals surface area (Å²) in [4.78, 5) is 21.4. The number of rotatable bonds is 7. The summed E-state index contributed by atoms with van der Waals surface area (Å²) in [6, 6.07) is 18.5. The maximum atomic E-state index is 14.2. The molecular formula is C31H30F2N4O. The molecule has 38 heavy (non-hydrogen) atoms. The Kier molecular flexibility index (Phi) is 7.27. The molecule has 2 N–H and O–H groups in total. The first-order chi connectivity index (χ1) is 18.4. The highest BCUT2D eigenvalue weighted by molar-refractivity contribution is 6.08. The molecule has 2 aliphatic carbocycles. The van der Waals surface area contributed by atoms with Crippen LogP contribution in [0.3, 0.4) is 0 Å². The number of pyridine rings is 1. The lowest BCUT2D eigenvalue weighted by Gasteiger charge is -2.40. The monoisotopic (exact) mass is 512 g/mol.